The number of aryl methyl sites for hydroxylation is 2. The highest BCUT2D eigenvalue weighted by Gasteiger charge is 2.03. The van der Waals surface area contributed by atoms with Crippen LogP contribution in [-0.4, -0.2) is 10.2 Å². The van der Waals surface area contributed by atoms with Gasteiger partial charge in [-0.1, -0.05) is 30.3 Å². The van der Waals surface area contributed by atoms with Crippen LogP contribution in [0.2, 0.25) is 0 Å². The van der Waals surface area contributed by atoms with Crippen LogP contribution in [0.15, 0.2) is 34.7 Å². The van der Waals surface area contributed by atoms with Gasteiger partial charge in [-0.25, -0.2) is 0 Å². The molecule has 2 N–H and O–H groups in total. The Kier molecular flexibility index (Phi) is 3.09. The molecule has 4 heteroatoms. The highest BCUT2D eigenvalue weighted by molar-refractivity contribution is 5.15. The van der Waals surface area contributed by atoms with E-state index in [1.165, 1.54) is 5.56 Å². The SMILES string of the molecule is NCc1nnc(CCc2ccccc2)o1. The molecule has 15 heavy (non-hydrogen) atoms. The molecule has 0 aliphatic heterocycles. The van der Waals surface area contributed by atoms with Gasteiger partial charge < -0.3 is 10.2 Å². The predicted octanol–water partition coefficient (Wildman–Crippen LogP) is 1.31. The van der Waals surface area contributed by atoms with Gasteiger partial charge in [0.15, 0.2) is 0 Å². The van der Waals surface area contributed by atoms with Crippen molar-refractivity contribution in [3.8, 4) is 0 Å². The molecule has 0 aliphatic carbocycles. The smallest absolute Gasteiger partial charge is 0.230 e. The summed E-state index contributed by atoms with van der Waals surface area (Å²) in [5.74, 6) is 1.15. The monoisotopic (exact) mass is 203 g/mol. The summed E-state index contributed by atoms with van der Waals surface area (Å²) in [6.45, 7) is 0.304. The maximum atomic E-state index is 5.37. The van der Waals surface area contributed by atoms with Gasteiger partial charge >= 0.3 is 0 Å². The lowest BCUT2D eigenvalue weighted by atomic mass is 10.1. The largest absolute Gasteiger partial charge is 0.424 e. The molecule has 0 spiro atoms. The van der Waals surface area contributed by atoms with Crippen molar-refractivity contribution in [2.45, 2.75) is 19.4 Å². The van der Waals surface area contributed by atoms with Crippen molar-refractivity contribution in [2.75, 3.05) is 0 Å². The molecule has 4 nitrogen and oxygen atoms in total. The summed E-state index contributed by atoms with van der Waals surface area (Å²) in [4.78, 5) is 0. The first-order chi connectivity index (χ1) is 7.38. The van der Waals surface area contributed by atoms with Crippen LogP contribution in [0.25, 0.3) is 0 Å². The Morgan fingerprint density at radius 3 is 2.40 bits per heavy atom. The maximum Gasteiger partial charge on any atom is 0.230 e. The van der Waals surface area contributed by atoms with E-state index in [9.17, 15) is 0 Å². The molecule has 2 rings (SSSR count). The summed E-state index contributed by atoms with van der Waals surface area (Å²) in [6, 6.07) is 10.2. The van der Waals surface area contributed by atoms with Crippen LogP contribution in [0.3, 0.4) is 0 Å². The first-order valence-electron chi connectivity index (χ1n) is 4.94. The molecule has 0 atom stereocenters. The molecule has 0 unspecified atom stereocenters. The van der Waals surface area contributed by atoms with Crippen LogP contribution in [-0.2, 0) is 19.4 Å². The van der Waals surface area contributed by atoms with E-state index in [0.29, 0.717) is 18.3 Å². The number of nitrogens with zero attached hydrogens (tertiary/aromatic N) is 2. The topological polar surface area (TPSA) is 64.9 Å². The molecule has 0 bridgehead atoms. The second-order valence-corrected chi connectivity index (χ2v) is 3.28. The van der Waals surface area contributed by atoms with Gasteiger partial charge in [-0.2, -0.15) is 0 Å². The van der Waals surface area contributed by atoms with Crippen molar-refractivity contribution in [1.29, 1.82) is 0 Å². The fourth-order valence-electron chi connectivity index (χ4n) is 1.37. The molecule has 1 aromatic carbocycles. The number of aromatic nitrogens is 2. The normalized spacial score (nSPS) is 10.5. The first-order valence-corrected chi connectivity index (χ1v) is 4.94. The third-order valence-corrected chi connectivity index (χ3v) is 2.15. The lowest BCUT2D eigenvalue weighted by Crippen LogP contribution is -1.95. The van der Waals surface area contributed by atoms with Crippen LogP contribution in [0, 0.1) is 0 Å². The lowest BCUT2D eigenvalue weighted by Gasteiger charge is -1.96. The van der Waals surface area contributed by atoms with Crippen molar-refractivity contribution in [2.24, 2.45) is 5.73 Å². The fourth-order valence-corrected chi connectivity index (χ4v) is 1.37. The molecular formula is C11H13N3O. The van der Waals surface area contributed by atoms with Crippen molar-refractivity contribution >= 4 is 0 Å². The van der Waals surface area contributed by atoms with Gasteiger partial charge in [0.2, 0.25) is 11.8 Å². The van der Waals surface area contributed by atoms with E-state index in [0.717, 1.165) is 12.8 Å². The molecule has 0 saturated heterocycles. The van der Waals surface area contributed by atoms with Crippen molar-refractivity contribution < 1.29 is 4.42 Å². The van der Waals surface area contributed by atoms with E-state index in [1.807, 2.05) is 18.2 Å². The minimum Gasteiger partial charge on any atom is -0.424 e. The highest BCUT2D eigenvalue weighted by atomic mass is 16.4. The predicted molar refractivity (Wildman–Crippen MR) is 56.0 cm³/mol. The minimum absolute atomic E-state index is 0.304. The van der Waals surface area contributed by atoms with E-state index in [1.54, 1.807) is 0 Å². The molecule has 0 aliphatic rings. The molecule has 1 heterocycles. The van der Waals surface area contributed by atoms with Crippen molar-refractivity contribution in [1.82, 2.24) is 10.2 Å². The quantitative estimate of drug-likeness (QED) is 0.813. The second kappa shape index (κ2) is 4.70. The summed E-state index contributed by atoms with van der Waals surface area (Å²) in [6.07, 6.45) is 1.67. The molecule has 1 aromatic heterocycles. The summed E-state index contributed by atoms with van der Waals surface area (Å²) < 4.78 is 5.31. The minimum atomic E-state index is 0.304. The van der Waals surface area contributed by atoms with Gasteiger partial charge in [0.1, 0.15) is 0 Å². The molecule has 0 fully saturated rings. The Morgan fingerprint density at radius 1 is 1.00 bits per heavy atom. The number of rotatable bonds is 4. The van der Waals surface area contributed by atoms with E-state index in [2.05, 4.69) is 22.3 Å². The zero-order valence-electron chi connectivity index (χ0n) is 8.39. The van der Waals surface area contributed by atoms with Gasteiger partial charge in [0, 0.05) is 6.42 Å². The molecular weight excluding hydrogens is 190 g/mol. The van der Waals surface area contributed by atoms with E-state index in [4.69, 9.17) is 10.2 Å². The first kappa shape index (κ1) is 9.86. The third-order valence-electron chi connectivity index (χ3n) is 2.15. The van der Waals surface area contributed by atoms with Crippen LogP contribution in [0.4, 0.5) is 0 Å². The van der Waals surface area contributed by atoms with Crippen molar-refractivity contribution in [3.63, 3.8) is 0 Å². The summed E-state index contributed by atoms with van der Waals surface area (Å²) in [5, 5.41) is 7.71. The summed E-state index contributed by atoms with van der Waals surface area (Å²) in [7, 11) is 0. The molecule has 78 valence electrons. The summed E-state index contributed by atoms with van der Waals surface area (Å²) in [5.41, 5.74) is 6.64. The summed E-state index contributed by atoms with van der Waals surface area (Å²) >= 11 is 0. The highest BCUT2D eigenvalue weighted by Crippen LogP contribution is 2.06. The van der Waals surface area contributed by atoms with E-state index >= 15 is 0 Å². The zero-order valence-corrected chi connectivity index (χ0v) is 8.39. The van der Waals surface area contributed by atoms with Crippen LogP contribution in [0.5, 0.6) is 0 Å². The van der Waals surface area contributed by atoms with Crippen LogP contribution >= 0.6 is 0 Å². The zero-order chi connectivity index (χ0) is 10.5. The third kappa shape index (κ3) is 2.63. The lowest BCUT2D eigenvalue weighted by molar-refractivity contribution is 0.450. The second-order valence-electron chi connectivity index (χ2n) is 3.28. The molecule has 0 amide bonds. The molecule has 2 aromatic rings. The van der Waals surface area contributed by atoms with Gasteiger partial charge in [-0.3, -0.25) is 0 Å². The molecule has 0 saturated carbocycles. The molecule has 0 radical (unpaired) electrons. The number of hydrogen-bond acceptors (Lipinski definition) is 4. The average molecular weight is 203 g/mol. The Labute approximate surface area is 88.1 Å². The van der Waals surface area contributed by atoms with E-state index in [-0.39, 0.29) is 0 Å². The van der Waals surface area contributed by atoms with Crippen LogP contribution in [0.1, 0.15) is 17.3 Å². The fraction of sp³-hybridized carbons (Fsp3) is 0.273. The Balaban J connectivity index is 1.93. The Morgan fingerprint density at radius 2 is 1.73 bits per heavy atom. The maximum absolute atomic E-state index is 5.37. The van der Waals surface area contributed by atoms with Gasteiger partial charge in [0.05, 0.1) is 6.54 Å². The van der Waals surface area contributed by atoms with Gasteiger partial charge in [0.25, 0.3) is 0 Å². The van der Waals surface area contributed by atoms with Gasteiger partial charge in [-0.15, -0.1) is 10.2 Å². The number of benzene rings is 1. The van der Waals surface area contributed by atoms with Crippen LogP contribution < -0.4 is 5.73 Å². The van der Waals surface area contributed by atoms with Crippen molar-refractivity contribution in [3.05, 3.63) is 47.7 Å². The van der Waals surface area contributed by atoms with E-state index < -0.39 is 0 Å². The number of nitrogens with two attached hydrogens (primary N) is 1. The van der Waals surface area contributed by atoms with Gasteiger partial charge in [-0.05, 0) is 12.0 Å². The Bertz CT molecular complexity index is 411. The standard InChI is InChI=1S/C11H13N3O/c12-8-11-14-13-10(15-11)7-6-9-4-2-1-3-5-9/h1-5H,6-8,12H2. The Hall–Kier alpha value is -1.68. The number of hydrogen-bond donors (Lipinski definition) is 1. The average Bonchev–Trinajstić information content (AvgIpc) is 2.76.